The molecule has 0 aliphatic carbocycles. The van der Waals surface area contributed by atoms with Gasteiger partial charge in [0.05, 0.1) is 6.30 Å². The average Bonchev–Trinajstić information content (AvgIpc) is 2.75. The van der Waals surface area contributed by atoms with Crippen molar-refractivity contribution in [3.8, 4) is 0 Å². The minimum Gasteiger partial charge on any atom is -0.328 e. The normalized spacial score (nSPS) is 15.0. The summed E-state index contributed by atoms with van der Waals surface area (Å²) in [4.78, 5) is 28.5. The maximum Gasteiger partial charge on any atom is 0.332 e. The molecule has 21 heavy (non-hydrogen) atoms. The first-order chi connectivity index (χ1) is 10.9. The van der Waals surface area contributed by atoms with Gasteiger partial charge in [-0.3, -0.25) is 13.9 Å². The van der Waals surface area contributed by atoms with Gasteiger partial charge in [-0.1, -0.05) is 0 Å². The van der Waals surface area contributed by atoms with Crippen molar-refractivity contribution in [3.05, 3.63) is 27.1 Å². The van der Waals surface area contributed by atoms with E-state index in [1.165, 1.54) is 18.7 Å². The molecule has 2 rings (SSSR count). The van der Waals surface area contributed by atoms with Crippen molar-refractivity contribution in [2.45, 2.75) is 38.6 Å². The molecule has 0 fully saturated rings. The number of aryl methyl sites for hydroxylation is 2. The maximum atomic E-state index is 13.2. The number of fused-ring (bicyclic) bond motifs is 1. The van der Waals surface area contributed by atoms with Crippen LogP contribution >= 0.6 is 0 Å². The minimum atomic E-state index is -3.52. The molecule has 0 bridgehead atoms. The maximum absolute atomic E-state index is 13.2. The third kappa shape index (κ3) is 3.03. The lowest BCUT2D eigenvalue weighted by atomic mass is 10.1. The summed E-state index contributed by atoms with van der Waals surface area (Å²) in [6, 6.07) is 0. The molecule has 8 heteroatoms. The molecule has 0 saturated heterocycles. The molecule has 116 valence electrons. The monoisotopic (exact) mass is 303 g/mol. The summed E-state index contributed by atoms with van der Waals surface area (Å²) < 4.78 is 51.9. The Morgan fingerprint density at radius 2 is 2.05 bits per heavy atom. The average molecular weight is 303 g/mol. The molecule has 0 amide bonds. The number of hydrogen-bond acceptors (Lipinski definition) is 3. The molecule has 0 unspecified atom stereocenters. The predicted molar refractivity (Wildman–Crippen MR) is 74.7 cm³/mol. The highest BCUT2D eigenvalue weighted by molar-refractivity contribution is 5.69. The Morgan fingerprint density at radius 3 is 2.67 bits per heavy atom. The largest absolute Gasteiger partial charge is 0.332 e. The quantitative estimate of drug-likeness (QED) is 0.835. The first kappa shape index (κ1) is 11.6. The molecule has 2 aromatic rings. The zero-order valence-electron chi connectivity index (χ0n) is 15.0. The van der Waals surface area contributed by atoms with Gasteiger partial charge in [-0.25, -0.2) is 18.6 Å². The molecule has 0 radical (unpaired) electrons. The molecule has 6 nitrogen and oxygen atoms in total. The molecule has 2 aromatic heterocycles. The van der Waals surface area contributed by atoms with E-state index < -0.39 is 30.0 Å². The van der Waals surface area contributed by atoms with Gasteiger partial charge in [0.15, 0.2) is 11.2 Å². The molecule has 0 N–H and O–H groups in total. The molecule has 0 aliphatic rings. The van der Waals surface area contributed by atoms with Gasteiger partial charge in [0, 0.05) is 29.8 Å². The summed E-state index contributed by atoms with van der Waals surface area (Å²) in [5.74, 6) is -3.52. The molecule has 2 heterocycles. The Labute approximate surface area is 123 Å². The highest BCUT2D eigenvalue weighted by Crippen LogP contribution is 2.19. The van der Waals surface area contributed by atoms with Crippen LogP contribution < -0.4 is 11.2 Å². The van der Waals surface area contributed by atoms with Gasteiger partial charge in [0.2, 0.25) is 5.92 Å². The fourth-order valence-corrected chi connectivity index (χ4v) is 2.08. The highest BCUT2D eigenvalue weighted by atomic mass is 19.3. The van der Waals surface area contributed by atoms with Crippen molar-refractivity contribution < 1.29 is 12.9 Å². The fraction of sp³-hybridized carbons (Fsp3) is 0.615. The highest BCUT2D eigenvalue weighted by Gasteiger charge is 2.20. The first-order valence-corrected chi connectivity index (χ1v) is 6.39. The standard InChI is InChI=1S/C13H18F2N4O2/c1-13(14,15)6-4-5-7-19-11(20)9-10(16-8-17(9)2)18(3)12(19)21/h8H,4-7H2,1-3H3/i6D2,8D. The van der Waals surface area contributed by atoms with Crippen molar-refractivity contribution in [1.82, 2.24) is 18.7 Å². The van der Waals surface area contributed by atoms with Crippen LogP contribution in [-0.2, 0) is 20.6 Å². The van der Waals surface area contributed by atoms with Crippen molar-refractivity contribution in [2.24, 2.45) is 14.1 Å². The van der Waals surface area contributed by atoms with Crippen LogP contribution in [-0.4, -0.2) is 24.6 Å². The Kier molecular flexibility index (Phi) is 3.01. The van der Waals surface area contributed by atoms with Crippen LogP contribution in [0.25, 0.3) is 11.2 Å². The number of aromatic nitrogens is 4. The number of rotatable bonds is 5. The summed E-state index contributed by atoms with van der Waals surface area (Å²) in [7, 11) is 2.86. The zero-order valence-corrected chi connectivity index (χ0v) is 12.0. The van der Waals surface area contributed by atoms with E-state index in [1.807, 2.05) is 0 Å². The van der Waals surface area contributed by atoms with Gasteiger partial charge in [-0.05, 0) is 19.8 Å². The summed E-state index contributed by atoms with van der Waals surface area (Å²) in [6.07, 6.45) is -3.52. The van der Waals surface area contributed by atoms with E-state index in [-0.39, 0.29) is 30.4 Å². The van der Waals surface area contributed by atoms with E-state index in [0.717, 1.165) is 9.13 Å². The van der Waals surface area contributed by atoms with Crippen LogP contribution in [0.1, 0.15) is 30.3 Å². The van der Waals surface area contributed by atoms with E-state index in [4.69, 9.17) is 4.11 Å². The van der Waals surface area contributed by atoms with E-state index in [2.05, 4.69) is 4.98 Å². The van der Waals surface area contributed by atoms with E-state index in [1.54, 1.807) is 0 Å². The fourth-order valence-electron chi connectivity index (χ4n) is 2.08. The Bertz CT molecular complexity index is 896. The van der Waals surface area contributed by atoms with Crippen LogP contribution in [0, 0.1) is 0 Å². The molecule has 0 atom stereocenters. The second-order valence-corrected chi connectivity index (χ2v) is 4.91. The lowest BCUT2D eigenvalue weighted by molar-refractivity contribution is 0.0102. The third-order valence-corrected chi connectivity index (χ3v) is 3.13. The molecule has 0 saturated carbocycles. The summed E-state index contributed by atoms with van der Waals surface area (Å²) >= 11 is 0. The number of nitrogens with zero attached hydrogens (tertiary/aromatic N) is 4. The van der Waals surface area contributed by atoms with Gasteiger partial charge in [-0.2, -0.15) is 0 Å². The lowest BCUT2D eigenvalue weighted by Crippen LogP contribution is -2.39. The van der Waals surface area contributed by atoms with Crippen LogP contribution in [0.3, 0.4) is 0 Å². The topological polar surface area (TPSA) is 61.8 Å². The number of imidazole rings is 1. The summed E-state index contributed by atoms with van der Waals surface area (Å²) in [6.45, 7) is 0.297. The van der Waals surface area contributed by atoms with Gasteiger partial charge in [0.25, 0.3) is 5.56 Å². The van der Waals surface area contributed by atoms with Crippen LogP contribution in [0.2, 0.25) is 0 Å². The summed E-state index contributed by atoms with van der Waals surface area (Å²) in [5.41, 5.74) is -1.23. The van der Waals surface area contributed by atoms with Gasteiger partial charge in [-0.15, -0.1) is 0 Å². The van der Waals surface area contributed by atoms with Crippen molar-refractivity contribution in [3.63, 3.8) is 0 Å². The third-order valence-electron chi connectivity index (χ3n) is 3.13. The smallest absolute Gasteiger partial charge is 0.328 e. The van der Waals surface area contributed by atoms with Crippen LogP contribution in [0.4, 0.5) is 8.78 Å². The van der Waals surface area contributed by atoms with Gasteiger partial charge in [0.1, 0.15) is 1.37 Å². The SMILES string of the molecule is [2H]c1nc2c(c(=O)n(CCCC([2H])([2H])C(C)(F)F)c(=O)n2C)n1C. The van der Waals surface area contributed by atoms with Crippen LogP contribution in [0.15, 0.2) is 15.9 Å². The number of hydrogen-bond donors (Lipinski definition) is 0. The van der Waals surface area contributed by atoms with Crippen molar-refractivity contribution >= 4 is 11.2 Å². The number of alkyl halides is 2. The lowest BCUT2D eigenvalue weighted by Gasteiger charge is -2.11. The second-order valence-electron chi connectivity index (χ2n) is 4.91. The molecule has 0 spiro atoms. The Hall–Kier alpha value is -1.99. The first-order valence-electron chi connectivity index (χ1n) is 7.89. The number of halogens is 2. The zero-order chi connectivity index (χ0) is 18.4. The molecular formula is C13H18F2N4O2. The van der Waals surface area contributed by atoms with E-state index in [0.29, 0.717) is 6.92 Å². The second kappa shape index (κ2) is 5.42. The summed E-state index contributed by atoms with van der Waals surface area (Å²) in [5, 5.41) is 0. The molecule has 0 aliphatic heterocycles. The van der Waals surface area contributed by atoms with Crippen molar-refractivity contribution in [2.75, 3.05) is 0 Å². The van der Waals surface area contributed by atoms with Crippen LogP contribution in [0.5, 0.6) is 0 Å². The van der Waals surface area contributed by atoms with E-state index in [9.17, 15) is 18.4 Å². The Morgan fingerprint density at radius 1 is 1.38 bits per heavy atom. The van der Waals surface area contributed by atoms with Crippen molar-refractivity contribution in [1.29, 1.82) is 0 Å². The van der Waals surface area contributed by atoms with Gasteiger partial charge >= 0.3 is 5.69 Å². The van der Waals surface area contributed by atoms with E-state index >= 15 is 0 Å². The molecule has 0 aromatic carbocycles. The minimum absolute atomic E-state index is 0.0610. The predicted octanol–water partition coefficient (Wildman–Crippen LogP) is 1.26. The van der Waals surface area contributed by atoms with Gasteiger partial charge < -0.3 is 4.57 Å². The Balaban J connectivity index is 2.39. The molecular weight excluding hydrogens is 282 g/mol.